The molecule has 4 nitrogen and oxygen atoms in total. The number of carbonyl (C=O) groups is 2. The second-order valence-electron chi connectivity index (χ2n) is 5.97. The number of rotatable bonds is 8. The molecule has 4 heteroatoms. The van der Waals surface area contributed by atoms with Crippen LogP contribution in [-0.4, -0.2) is 24.9 Å². The van der Waals surface area contributed by atoms with Crippen molar-refractivity contribution in [2.75, 3.05) is 13.1 Å². The molecule has 0 unspecified atom stereocenters. The van der Waals surface area contributed by atoms with Gasteiger partial charge in [-0.2, -0.15) is 0 Å². The number of carbonyl (C=O) groups excluding carboxylic acids is 2. The van der Waals surface area contributed by atoms with Crippen molar-refractivity contribution >= 4 is 11.8 Å². The van der Waals surface area contributed by atoms with E-state index < -0.39 is 0 Å². The molecule has 0 saturated carbocycles. The first-order valence-corrected chi connectivity index (χ1v) is 7.48. The van der Waals surface area contributed by atoms with Crippen LogP contribution in [0.4, 0.5) is 0 Å². The summed E-state index contributed by atoms with van der Waals surface area (Å²) in [5.41, 5.74) is 1.01. The topological polar surface area (TPSA) is 58.2 Å². The number of amides is 2. The average molecular weight is 290 g/mol. The number of nitrogens with one attached hydrogen (secondary N) is 2. The summed E-state index contributed by atoms with van der Waals surface area (Å²) in [5, 5.41) is 5.69. The van der Waals surface area contributed by atoms with Gasteiger partial charge >= 0.3 is 0 Å². The fourth-order valence-electron chi connectivity index (χ4n) is 2.20. The lowest BCUT2D eigenvalue weighted by molar-refractivity contribution is -0.122. The van der Waals surface area contributed by atoms with Gasteiger partial charge in [-0.25, -0.2) is 0 Å². The maximum Gasteiger partial charge on any atom is 0.220 e. The summed E-state index contributed by atoms with van der Waals surface area (Å²) < 4.78 is 0. The molecule has 0 aliphatic heterocycles. The third-order valence-corrected chi connectivity index (χ3v) is 3.46. The Hall–Kier alpha value is -1.84. The van der Waals surface area contributed by atoms with Gasteiger partial charge < -0.3 is 10.6 Å². The first-order chi connectivity index (χ1) is 9.92. The molecule has 0 heterocycles. The number of benzene rings is 1. The minimum Gasteiger partial charge on any atom is -0.356 e. The lowest BCUT2D eigenvalue weighted by Crippen LogP contribution is -2.32. The maximum atomic E-state index is 12.0. The summed E-state index contributed by atoms with van der Waals surface area (Å²) in [6.45, 7) is 6.99. The van der Waals surface area contributed by atoms with Gasteiger partial charge in [-0.15, -0.1) is 0 Å². The molecule has 116 valence electrons. The van der Waals surface area contributed by atoms with Crippen LogP contribution < -0.4 is 10.6 Å². The van der Waals surface area contributed by atoms with Crippen LogP contribution in [0.1, 0.15) is 45.6 Å². The SMILES string of the molecule is CC(=O)NCCCCNC(=O)CC(C)(C)c1ccccc1. The quantitative estimate of drug-likeness (QED) is 0.722. The Morgan fingerprint density at radius 3 is 2.14 bits per heavy atom. The van der Waals surface area contributed by atoms with Crippen LogP contribution in [-0.2, 0) is 15.0 Å². The fourth-order valence-corrected chi connectivity index (χ4v) is 2.20. The highest BCUT2D eigenvalue weighted by atomic mass is 16.2. The molecule has 0 aliphatic rings. The van der Waals surface area contributed by atoms with Gasteiger partial charge in [0.15, 0.2) is 0 Å². The Bertz CT molecular complexity index is 455. The average Bonchev–Trinajstić information content (AvgIpc) is 2.43. The third-order valence-electron chi connectivity index (χ3n) is 3.46. The van der Waals surface area contributed by atoms with E-state index in [9.17, 15) is 9.59 Å². The molecule has 0 aromatic heterocycles. The van der Waals surface area contributed by atoms with Crippen molar-refractivity contribution in [3.8, 4) is 0 Å². The lowest BCUT2D eigenvalue weighted by Gasteiger charge is -2.24. The predicted molar refractivity (Wildman–Crippen MR) is 85.0 cm³/mol. The zero-order valence-electron chi connectivity index (χ0n) is 13.2. The Morgan fingerprint density at radius 1 is 1.00 bits per heavy atom. The number of unbranched alkanes of at least 4 members (excludes halogenated alkanes) is 1. The Labute approximate surface area is 127 Å². The highest BCUT2D eigenvalue weighted by Crippen LogP contribution is 2.26. The summed E-state index contributed by atoms with van der Waals surface area (Å²) in [6.07, 6.45) is 2.22. The van der Waals surface area contributed by atoms with E-state index in [0.29, 0.717) is 19.5 Å². The van der Waals surface area contributed by atoms with E-state index in [0.717, 1.165) is 12.8 Å². The predicted octanol–water partition coefficient (Wildman–Crippen LogP) is 2.39. The second kappa shape index (κ2) is 8.45. The minimum atomic E-state index is -0.165. The Kier molecular flexibility index (Phi) is 6.92. The third kappa shape index (κ3) is 6.93. The van der Waals surface area contributed by atoms with E-state index in [2.05, 4.69) is 36.6 Å². The maximum absolute atomic E-state index is 12.0. The van der Waals surface area contributed by atoms with E-state index in [4.69, 9.17) is 0 Å². The van der Waals surface area contributed by atoms with Crippen molar-refractivity contribution in [1.29, 1.82) is 0 Å². The van der Waals surface area contributed by atoms with Crippen LogP contribution in [0.25, 0.3) is 0 Å². The number of hydrogen-bond donors (Lipinski definition) is 2. The lowest BCUT2D eigenvalue weighted by atomic mass is 9.81. The molecule has 1 rings (SSSR count). The summed E-state index contributed by atoms with van der Waals surface area (Å²) in [7, 11) is 0. The molecular weight excluding hydrogens is 264 g/mol. The molecule has 2 N–H and O–H groups in total. The highest BCUT2D eigenvalue weighted by molar-refractivity contribution is 5.77. The van der Waals surface area contributed by atoms with Crippen LogP contribution >= 0.6 is 0 Å². The zero-order chi connectivity index (χ0) is 15.7. The van der Waals surface area contributed by atoms with Crippen LogP contribution in [0.5, 0.6) is 0 Å². The number of hydrogen-bond acceptors (Lipinski definition) is 2. The standard InChI is InChI=1S/C17H26N2O2/c1-14(20)18-11-7-8-12-19-16(21)13-17(2,3)15-9-5-4-6-10-15/h4-6,9-10H,7-8,11-13H2,1-3H3,(H,18,20)(H,19,21). The largest absolute Gasteiger partial charge is 0.356 e. The van der Waals surface area contributed by atoms with Crippen molar-refractivity contribution in [2.45, 2.75) is 45.4 Å². The highest BCUT2D eigenvalue weighted by Gasteiger charge is 2.23. The molecule has 2 amide bonds. The van der Waals surface area contributed by atoms with Gasteiger partial charge in [-0.1, -0.05) is 44.2 Å². The van der Waals surface area contributed by atoms with Gasteiger partial charge in [-0.05, 0) is 23.8 Å². The molecular formula is C17H26N2O2. The molecule has 0 aliphatic carbocycles. The van der Waals surface area contributed by atoms with Gasteiger partial charge in [0.2, 0.25) is 11.8 Å². The van der Waals surface area contributed by atoms with Crippen LogP contribution in [0, 0.1) is 0 Å². The van der Waals surface area contributed by atoms with E-state index in [1.54, 1.807) is 0 Å². The summed E-state index contributed by atoms with van der Waals surface area (Å²) in [6, 6.07) is 10.1. The van der Waals surface area contributed by atoms with Crippen molar-refractivity contribution < 1.29 is 9.59 Å². The van der Waals surface area contributed by atoms with Gasteiger partial charge in [0, 0.05) is 26.4 Å². The van der Waals surface area contributed by atoms with E-state index >= 15 is 0 Å². The van der Waals surface area contributed by atoms with Gasteiger partial charge in [-0.3, -0.25) is 9.59 Å². The first-order valence-electron chi connectivity index (χ1n) is 7.48. The summed E-state index contributed by atoms with van der Waals surface area (Å²) in [5.74, 6) is 0.0621. The molecule has 0 spiro atoms. The molecule has 0 bridgehead atoms. The monoisotopic (exact) mass is 290 g/mol. The van der Waals surface area contributed by atoms with Crippen molar-refractivity contribution in [1.82, 2.24) is 10.6 Å². The van der Waals surface area contributed by atoms with Crippen molar-refractivity contribution in [3.63, 3.8) is 0 Å². The second-order valence-corrected chi connectivity index (χ2v) is 5.97. The smallest absolute Gasteiger partial charge is 0.220 e. The van der Waals surface area contributed by atoms with Gasteiger partial charge in [0.1, 0.15) is 0 Å². The molecule has 21 heavy (non-hydrogen) atoms. The molecule has 0 saturated heterocycles. The van der Waals surface area contributed by atoms with Crippen molar-refractivity contribution in [3.05, 3.63) is 35.9 Å². The Morgan fingerprint density at radius 2 is 1.57 bits per heavy atom. The summed E-state index contributed by atoms with van der Waals surface area (Å²) >= 11 is 0. The summed E-state index contributed by atoms with van der Waals surface area (Å²) in [4.78, 5) is 22.7. The van der Waals surface area contributed by atoms with E-state index in [1.165, 1.54) is 12.5 Å². The minimum absolute atomic E-state index is 0.0105. The van der Waals surface area contributed by atoms with Crippen LogP contribution in [0.3, 0.4) is 0 Å². The fraction of sp³-hybridized carbons (Fsp3) is 0.529. The zero-order valence-corrected chi connectivity index (χ0v) is 13.2. The molecule has 1 aromatic rings. The van der Waals surface area contributed by atoms with Gasteiger partial charge in [0.05, 0.1) is 0 Å². The van der Waals surface area contributed by atoms with Crippen molar-refractivity contribution in [2.24, 2.45) is 0 Å². The molecule has 0 fully saturated rings. The normalized spacial score (nSPS) is 11.0. The van der Waals surface area contributed by atoms with Crippen LogP contribution in [0.15, 0.2) is 30.3 Å². The van der Waals surface area contributed by atoms with E-state index in [1.807, 2.05) is 18.2 Å². The first kappa shape index (κ1) is 17.2. The molecule has 1 aromatic carbocycles. The van der Waals surface area contributed by atoms with Gasteiger partial charge in [0.25, 0.3) is 0 Å². The van der Waals surface area contributed by atoms with E-state index in [-0.39, 0.29) is 17.2 Å². The molecule has 0 radical (unpaired) electrons. The van der Waals surface area contributed by atoms with Crippen LogP contribution in [0.2, 0.25) is 0 Å². The molecule has 0 atom stereocenters. The Balaban J connectivity index is 2.26.